The minimum atomic E-state index is -2.71. The molecule has 0 radical (unpaired) electrons. The van der Waals surface area contributed by atoms with Gasteiger partial charge in [0.05, 0.1) is 17.6 Å². The monoisotopic (exact) mass is 383 g/mol. The van der Waals surface area contributed by atoms with Crippen molar-refractivity contribution in [2.45, 2.75) is 64.1 Å². The Bertz CT molecular complexity index is 713. The number of rotatable bonds is 3. The molecule has 2 aliphatic heterocycles. The van der Waals surface area contributed by atoms with Crippen molar-refractivity contribution >= 4 is 18.5 Å². The topological polar surface area (TPSA) is 38.8 Å². The van der Waals surface area contributed by atoms with Gasteiger partial charge >= 0.3 is 7.12 Å². The number of likely N-dealkylation sites (tertiary alicyclic amines) is 1. The Balaban J connectivity index is 1.78. The zero-order chi connectivity index (χ0) is 20.0. The van der Waals surface area contributed by atoms with Crippen LogP contribution in [-0.2, 0) is 20.5 Å². The second-order valence-electron chi connectivity index (χ2n) is 8.34. The first kappa shape index (κ1) is 20.2. The fraction of sp³-hybridized carbons (Fsp3) is 0.632. The van der Waals surface area contributed by atoms with Gasteiger partial charge in [-0.1, -0.05) is 6.07 Å². The van der Waals surface area contributed by atoms with Crippen molar-refractivity contribution in [2.24, 2.45) is 0 Å². The van der Waals surface area contributed by atoms with Crippen LogP contribution in [0.15, 0.2) is 18.2 Å². The lowest BCUT2D eigenvalue weighted by atomic mass is 9.75. The van der Waals surface area contributed by atoms with Gasteiger partial charge in [-0.3, -0.25) is 4.79 Å². The van der Waals surface area contributed by atoms with E-state index in [0.717, 1.165) is 0 Å². The number of hydrogen-bond acceptors (Lipinski definition) is 3. The molecule has 1 aromatic rings. The van der Waals surface area contributed by atoms with E-state index >= 15 is 0 Å². The predicted molar refractivity (Wildman–Crippen MR) is 96.6 cm³/mol. The highest BCUT2D eigenvalue weighted by Gasteiger charge is 2.52. The van der Waals surface area contributed by atoms with Crippen LogP contribution in [0.4, 0.5) is 13.2 Å². The minimum Gasteiger partial charge on any atom is -0.399 e. The Kier molecular flexibility index (Phi) is 5.10. The quantitative estimate of drug-likeness (QED) is 0.754. The summed E-state index contributed by atoms with van der Waals surface area (Å²) in [5, 5.41) is 0. The summed E-state index contributed by atoms with van der Waals surface area (Å²) < 4.78 is 52.5. The first-order chi connectivity index (χ1) is 12.4. The van der Waals surface area contributed by atoms with Crippen molar-refractivity contribution in [1.82, 2.24) is 4.90 Å². The third-order valence-electron chi connectivity index (χ3n) is 5.80. The maximum Gasteiger partial charge on any atom is 0.495 e. The Morgan fingerprint density at radius 3 is 2.22 bits per heavy atom. The van der Waals surface area contributed by atoms with Gasteiger partial charge in [-0.05, 0) is 50.9 Å². The van der Waals surface area contributed by atoms with Crippen LogP contribution in [0, 0.1) is 5.82 Å². The van der Waals surface area contributed by atoms with Gasteiger partial charge in [0, 0.05) is 25.9 Å². The van der Waals surface area contributed by atoms with Gasteiger partial charge in [0.2, 0.25) is 5.91 Å². The van der Waals surface area contributed by atoms with E-state index in [1.165, 1.54) is 23.1 Å². The second kappa shape index (κ2) is 6.81. The standard InChI is InChI=1S/C19H25BF3NO3/c1-17(2)18(3,4)27-20(26-17)15-12-14(21)6-5-13(15)11-16(25)24-9-7-19(22,23)8-10-24/h5-6,12H,7-11H2,1-4H3. The van der Waals surface area contributed by atoms with Gasteiger partial charge in [-0.15, -0.1) is 0 Å². The molecule has 2 fully saturated rings. The summed E-state index contributed by atoms with van der Waals surface area (Å²) in [6.07, 6.45) is -0.663. The van der Waals surface area contributed by atoms with Gasteiger partial charge in [-0.2, -0.15) is 0 Å². The number of carbonyl (C=O) groups excluding carboxylic acids is 1. The van der Waals surface area contributed by atoms with Crippen LogP contribution in [0.1, 0.15) is 46.1 Å². The van der Waals surface area contributed by atoms with Crippen LogP contribution in [0.25, 0.3) is 0 Å². The molecule has 0 N–H and O–H groups in total. The Morgan fingerprint density at radius 1 is 1.11 bits per heavy atom. The van der Waals surface area contributed by atoms with Gasteiger partial charge in [0.15, 0.2) is 0 Å². The summed E-state index contributed by atoms with van der Waals surface area (Å²) in [5.74, 6) is -3.41. The van der Waals surface area contributed by atoms with E-state index < -0.39 is 30.1 Å². The smallest absolute Gasteiger partial charge is 0.399 e. The normalized spacial score (nSPS) is 23.5. The van der Waals surface area contributed by atoms with Crippen LogP contribution >= 0.6 is 0 Å². The molecule has 0 atom stereocenters. The molecule has 0 aliphatic carbocycles. The van der Waals surface area contributed by atoms with E-state index in [0.29, 0.717) is 11.0 Å². The molecule has 1 aromatic carbocycles. The predicted octanol–water partition coefficient (Wildman–Crippen LogP) is 2.93. The summed E-state index contributed by atoms with van der Waals surface area (Å²) >= 11 is 0. The van der Waals surface area contributed by atoms with Crippen LogP contribution in [0.5, 0.6) is 0 Å². The number of amides is 1. The summed E-state index contributed by atoms with van der Waals surface area (Å²) in [6.45, 7) is 7.63. The van der Waals surface area contributed by atoms with E-state index in [9.17, 15) is 18.0 Å². The lowest BCUT2D eigenvalue weighted by Gasteiger charge is -2.32. The molecule has 3 rings (SSSR count). The van der Waals surface area contributed by atoms with Crippen molar-refractivity contribution in [1.29, 1.82) is 0 Å². The molecule has 8 heteroatoms. The van der Waals surface area contributed by atoms with Gasteiger partial charge in [0.1, 0.15) is 5.82 Å². The number of hydrogen-bond donors (Lipinski definition) is 0. The molecule has 1 amide bonds. The fourth-order valence-corrected chi connectivity index (χ4v) is 3.27. The Morgan fingerprint density at radius 2 is 1.67 bits per heavy atom. The number of halogens is 3. The van der Waals surface area contributed by atoms with E-state index in [1.54, 1.807) is 0 Å². The van der Waals surface area contributed by atoms with E-state index in [4.69, 9.17) is 9.31 Å². The van der Waals surface area contributed by atoms with E-state index in [2.05, 4.69) is 0 Å². The maximum absolute atomic E-state index is 13.9. The Hall–Kier alpha value is -1.54. The number of alkyl halides is 2. The van der Waals surface area contributed by atoms with Crippen LogP contribution in [-0.4, -0.2) is 48.1 Å². The average molecular weight is 383 g/mol. The van der Waals surface area contributed by atoms with Gasteiger partial charge in [0.25, 0.3) is 5.92 Å². The lowest BCUT2D eigenvalue weighted by Crippen LogP contribution is -2.44. The van der Waals surface area contributed by atoms with Crippen molar-refractivity contribution in [3.05, 3.63) is 29.6 Å². The first-order valence-corrected chi connectivity index (χ1v) is 9.20. The second-order valence-corrected chi connectivity index (χ2v) is 8.34. The molecule has 0 aromatic heterocycles. The van der Waals surface area contributed by atoms with Crippen LogP contribution in [0.2, 0.25) is 0 Å². The highest BCUT2D eigenvalue weighted by atomic mass is 19.3. The zero-order valence-electron chi connectivity index (χ0n) is 16.2. The van der Waals surface area contributed by atoms with E-state index in [1.807, 2.05) is 27.7 Å². The highest BCUT2D eigenvalue weighted by Crippen LogP contribution is 2.37. The van der Waals surface area contributed by atoms with E-state index in [-0.39, 0.29) is 38.3 Å². The molecular formula is C19H25BF3NO3. The number of piperidine rings is 1. The number of benzene rings is 1. The molecule has 2 saturated heterocycles. The first-order valence-electron chi connectivity index (χ1n) is 9.20. The highest BCUT2D eigenvalue weighted by molar-refractivity contribution is 6.62. The fourth-order valence-electron chi connectivity index (χ4n) is 3.27. The molecule has 0 unspecified atom stereocenters. The van der Waals surface area contributed by atoms with Crippen LogP contribution in [0.3, 0.4) is 0 Å². The number of nitrogens with zero attached hydrogens (tertiary/aromatic N) is 1. The molecule has 2 heterocycles. The van der Waals surface area contributed by atoms with Crippen molar-refractivity contribution in [3.63, 3.8) is 0 Å². The molecule has 27 heavy (non-hydrogen) atoms. The Labute approximate surface area is 158 Å². The van der Waals surface area contributed by atoms with Crippen molar-refractivity contribution in [2.75, 3.05) is 13.1 Å². The van der Waals surface area contributed by atoms with Crippen molar-refractivity contribution in [3.8, 4) is 0 Å². The molecule has 0 bridgehead atoms. The molecule has 148 valence electrons. The molecular weight excluding hydrogens is 358 g/mol. The summed E-state index contributed by atoms with van der Waals surface area (Å²) in [5.41, 5.74) is -0.144. The molecule has 0 saturated carbocycles. The van der Waals surface area contributed by atoms with Gasteiger partial charge in [-0.25, -0.2) is 13.2 Å². The summed E-state index contributed by atoms with van der Waals surface area (Å²) in [7, 11) is -0.792. The number of carbonyl (C=O) groups is 1. The zero-order valence-corrected chi connectivity index (χ0v) is 16.2. The van der Waals surface area contributed by atoms with Gasteiger partial charge < -0.3 is 14.2 Å². The molecule has 4 nitrogen and oxygen atoms in total. The minimum absolute atomic E-state index is 0.00867. The lowest BCUT2D eigenvalue weighted by molar-refractivity contribution is -0.136. The maximum atomic E-state index is 13.9. The summed E-state index contributed by atoms with van der Waals surface area (Å²) in [4.78, 5) is 14.0. The largest absolute Gasteiger partial charge is 0.495 e. The SMILES string of the molecule is CC1(C)OB(c2cc(F)ccc2CC(=O)N2CCC(F)(F)CC2)OC1(C)C. The third-order valence-corrected chi connectivity index (χ3v) is 5.80. The van der Waals surface area contributed by atoms with Crippen LogP contribution < -0.4 is 5.46 Å². The molecule has 2 aliphatic rings. The summed E-state index contributed by atoms with van der Waals surface area (Å²) in [6, 6.07) is 4.13. The van der Waals surface area contributed by atoms with Crippen molar-refractivity contribution < 1.29 is 27.3 Å². The molecule has 0 spiro atoms. The third kappa shape index (κ3) is 4.16. The average Bonchev–Trinajstić information content (AvgIpc) is 2.77.